The summed E-state index contributed by atoms with van der Waals surface area (Å²) in [6, 6.07) is 16.3. The van der Waals surface area contributed by atoms with E-state index in [9.17, 15) is 14.7 Å². The van der Waals surface area contributed by atoms with Gasteiger partial charge in [0.1, 0.15) is 12.3 Å². The molecule has 4 atom stereocenters. The fourth-order valence-electron chi connectivity index (χ4n) is 5.41. The maximum Gasteiger partial charge on any atom is 0.355 e. The highest BCUT2D eigenvalue weighted by Gasteiger charge is 2.61. The molecular formula is C26H25NO4. The first-order valence-corrected chi connectivity index (χ1v) is 10.7. The fraction of sp³-hybridized carbons (Fsp3) is 0.308. The first kappa shape index (κ1) is 19.8. The molecule has 5 heteroatoms. The largest absolute Gasteiger partial charge is 0.457 e. The molecule has 0 radical (unpaired) electrons. The average Bonchev–Trinajstić information content (AvgIpc) is 3.08. The number of nitrogens with zero attached hydrogens (tertiary/aromatic N) is 1. The number of aliphatic hydroxyl groups is 1. The van der Waals surface area contributed by atoms with Crippen LogP contribution in [0.2, 0.25) is 0 Å². The lowest BCUT2D eigenvalue weighted by Crippen LogP contribution is -2.64. The SMILES string of the molecule is C=CCOC(=O)C1=C2c3cc(-c4ccccc4)ccc3CC[C@H]2[C@@H]2[C@@H]([C@@H](C)O)C(=O)N12. The van der Waals surface area contributed by atoms with Gasteiger partial charge in [-0.15, -0.1) is 0 Å². The molecule has 0 saturated carbocycles. The second kappa shape index (κ2) is 7.50. The summed E-state index contributed by atoms with van der Waals surface area (Å²) in [6.45, 7) is 5.35. The van der Waals surface area contributed by atoms with E-state index in [0.717, 1.165) is 35.1 Å². The van der Waals surface area contributed by atoms with Crippen molar-refractivity contribution in [2.75, 3.05) is 6.61 Å². The van der Waals surface area contributed by atoms with Gasteiger partial charge in [0.15, 0.2) is 0 Å². The van der Waals surface area contributed by atoms with Gasteiger partial charge in [-0.05, 0) is 53.7 Å². The van der Waals surface area contributed by atoms with Crippen molar-refractivity contribution in [3.63, 3.8) is 0 Å². The Morgan fingerprint density at radius 3 is 2.74 bits per heavy atom. The van der Waals surface area contributed by atoms with Crippen molar-refractivity contribution < 1.29 is 19.4 Å². The van der Waals surface area contributed by atoms with Crippen LogP contribution < -0.4 is 0 Å². The molecule has 5 nitrogen and oxygen atoms in total. The summed E-state index contributed by atoms with van der Waals surface area (Å²) in [5.41, 5.74) is 5.57. The molecule has 1 fully saturated rings. The van der Waals surface area contributed by atoms with Crippen molar-refractivity contribution in [3.8, 4) is 11.1 Å². The van der Waals surface area contributed by atoms with Crippen LogP contribution in [0.3, 0.4) is 0 Å². The Bertz CT molecular complexity index is 1100. The van der Waals surface area contributed by atoms with Crippen LogP contribution in [0.4, 0.5) is 0 Å². The van der Waals surface area contributed by atoms with Gasteiger partial charge in [0, 0.05) is 5.92 Å². The number of aryl methyl sites for hydroxylation is 1. The van der Waals surface area contributed by atoms with Gasteiger partial charge in [0.2, 0.25) is 5.91 Å². The number of hydrogen-bond donors (Lipinski definition) is 1. The van der Waals surface area contributed by atoms with Crippen LogP contribution in [0.25, 0.3) is 16.7 Å². The molecule has 3 aliphatic rings. The predicted molar refractivity (Wildman–Crippen MR) is 118 cm³/mol. The normalized spacial score (nSPS) is 24.6. The Morgan fingerprint density at radius 1 is 1.26 bits per heavy atom. The number of hydrogen-bond acceptors (Lipinski definition) is 4. The third-order valence-electron chi connectivity index (χ3n) is 6.74. The number of fused-ring (bicyclic) bond motifs is 5. The fourth-order valence-corrected chi connectivity index (χ4v) is 5.41. The van der Waals surface area contributed by atoms with Gasteiger partial charge in [-0.25, -0.2) is 4.79 Å². The minimum atomic E-state index is -0.754. The van der Waals surface area contributed by atoms with E-state index in [1.807, 2.05) is 18.2 Å². The van der Waals surface area contributed by atoms with E-state index in [1.54, 1.807) is 11.8 Å². The van der Waals surface area contributed by atoms with Gasteiger partial charge in [-0.2, -0.15) is 0 Å². The lowest BCUT2D eigenvalue weighted by atomic mass is 9.70. The minimum Gasteiger partial charge on any atom is -0.457 e. The first-order chi connectivity index (χ1) is 15.0. The monoisotopic (exact) mass is 415 g/mol. The molecule has 2 aromatic rings. The molecule has 2 aromatic carbocycles. The number of amides is 1. The van der Waals surface area contributed by atoms with Gasteiger partial charge >= 0.3 is 5.97 Å². The van der Waals surface area contributed by atoms with Crippen LogP contribution in [-0.2, 0) is 20.7 Å². The van der Waals surface area contributed by atoms with Crippen molar-refractivity contribution in [1.29, 1.82) is 0 Å². The van der Waals surface area contributed by atoms with E-state index >= 15 is 0 Å². The standard InChI is InChI=1S/C26H25NO4/c1-3-13-31-26(30)24-22-19(23-21(15(2)28)25(29)27(23)24)12-11-17-9-10-18(14-20(17)22)16-7-5-4-6-8-16/h3-10,14-15,19,21,23,28H,1,11-13H2,2H3/t15-,19-,21-,23-/m1/s1. The van der Waals surface area contributed by atoms with E-state index < -0.39 is 18.0 Å². The summed E-state index contributed by atoms with van der Waals surface area (Å²) in [5, 5.41) is 10.2. The zero-order valence-electron chi connectivity index (χ0n) is 17.5. The summed E-state index contributed by atoms with van der Waals surface area (Å²) in [7, 11) is 0. The van der Waals surface area contributed by atoms with Crippen molar-refractivity contribution in [2.24, 2.45) is 11.8 Å². The number of ether oxygens (including phenoxy) is 1. The molecule has 5 rings (SSSR count). The number of benzene rings is 2. The van der Waals surface area contributed by atoms with Crippen molar-refractivity contribution >= 4 is 17.4 Å². The zero-order valence-corrected chi connectivity index (χ0v) is 17.5. The first-order valence-electron chi connectivity index (χ1n) is 10.7. The maximum absolute atomic E-state index is 13.1. The smallest absolute Gasteiger partial charge is 0.355 e. The second-order valence-corrected chi connectivity index (χ2v) is 8.50. The molecule has 158 valence electrons. The summed E-state index contributed by atoms with van der Waals surface area (Å²) >= 11 is 0. The van der Waals surface area contributed by atoms with Crippen molar-refractivity contribution in [3.05, 3.63) is 78.0 Å². The van der Waals surface area contributed by atoms with Crippen LogP contribution >= 0.6 is 0 Å². The number of aliphatic hydroxyl groups excluding tert-OH is 1. The van der Waals surface area contributed by atoms with Crippen LogP contribution in [-0.4, -0.2) is 40.6 Å². The lowest BCUT2D eigenvalue weighted by Gasteiger charge is -2.47. The topological polar surface area (TPSA) is 66.8 Å². The summed E-state index contributed by atoms with van der Waals surface area (Å²) < 4.78 is 5.38. The second-order valence-electron chi connectivity index (χ2n) is 8.50. The van der Waals surface area contributed by atoms with E-state index in [0.29, 0.717) is 5.70 Å². The number of rotatable bonds is 5. The highest BCUT2D eigenvalue weighted by Crippen LogP contribution is 2.55. The molecule has 0 unspecified atom stereocenters. The van der Waals surface area contributed by atoms with Gasteiger partial charge in [-0.1, -0.05) is 55.1 Å². The van der Waals surface area contributed by atoms with E-state index in [2.05, 4.69) is 36.9 Å². The van der Waals surface area contributed by atoms with Crippen LogP contribution in [0.1, 0.15) is 24.5 Å². The molecule has 0 aromatic heterocycles. The van der Waals surface area contributed by atoms with E-state index in [1.165, 1.54) is 11.6 Å². The van der Waals surface area contributed by atoms with E-state index in [4.69, 9.17) is 4.74 Å². The quantitative estimate of drug-likeness (QED) is 0.461. The third kappa shape index (κ3) is 2.95. The molecule has 1 amide bonds. The van der Waals surface area contributed by atoms with Gasteiger partial charge in [0.05, 0.1) is 18.1 Å². The lowest BCUT2D eigenvalue weighted by molar-refractivity contribution is -0.164. The number of esters is 1. The molecule has 1 N–H and O–H groups in total. The summed E-state index contributed by atoms with van der Waals surface area (Å²) in [5.74, 6) is -1.17. The van der Waals surface area contributed by atoms with Gasteiger partial charge in [-0.3, -0.25) is 4.79 Å². The van der Waals surface area contributed by atoms with Crippen LogP contribution in [0.5, 0.6) is 0 Å². The van der Waals surface area contributed by atoms with Crippen LogP contribution in [0.15, 0.2) is 66.9 Å². The summed E-state index contributed by atoms with van der Waals surface area (Å²) in [6.07, 6.45) is 2.48. The van der Waals surface area contributed by atoms with Crippen LogP contribution in [0, 0.1) is 11.8 Å². The minimum absolute atomic E-state index is 0.0158. The molecule has 0 spiro atoms. The highest BCUT2D eigenvalue weighted by atomic mass is 16.5. The Labute approximate surface area is 181 Å². The van der Waals surface area contributed by atoms with Crippen molar-refractivity contribution in [2.45, 2.75) is 31.9 Å². The summed E-state index contributed by atoms with van der Waals surface area (Å²) in [4.78, 5) is 27.5. The predicted octanol–water partition coefficient (Wildman–Crippen LogP) is 3.58. The number of carbonyl (C=O) groups excluding carboxylic acids is 2. The van der Waals surface area contributed by atoms with Crippen molar-refractivity contribution in [1.82, 2.24) is 4.90 Å². The number of β-lactam (4-membered cyclic amide) rings is 1. The average molecular weight is 415 g/mol. The highest BCUT2D eigenvalue weighted by molar-refractivity contribution is 6.08. The Morgan fingerprint density at radius 2 is 2.03 bits per heavy atom. The van der Waals surface area contributed by atoms with Gasteiger partial charge < -0.3 is 14.7 Å². The Kier molecular flexibility index (Phi) is 4.78. The molecule has 1 aliphatic carbocycles. The molecule has 31 heavy (non-hydrogen) atoms. The maximum atomic E-state index is 13.1. The zero-order chi connectivity index (χ0) is 21.7. The molecule has 2 heterocycles. The molecule has 1 saturated heterocycles. The van der Waals surface area contributed by atoms with Gasteiger partial charge in [0.25, 0.3) is 0 Å². The third-order valence-corrected chi connectivity index (χ3v) is 6.74. The molecule has 0 bridgehead atoms. The number of carbonyl (C=O) groups is 2. The molecular weight excluding hydrogens is 390 g/mol. The Balaban J connectivity index is 1.66. The Hall–Kier alpha value is -3.18. The van der Waals surface area contributed by atoms with E-state index in [-0.39, 0.29) is 24.5 Å². The molecule has 2 aliphatic heterocycles.